The van der Waals surface area contributed by atoms with E-state index in [0.717, 1.165) is 11.0 Å². The maximum atomic E-state index is 13.4. The van der Waals surface area contributed by atoms with Crippen LogP contribution in [-0.4, -0.2) is 64.7 Å². The van der Waals surface area contributed by atoms with E-state index in [1.54, 1.807) is 0 Å². The number of hydrogen-bond acceptors (Lipinski definition) is 6. The Hall–Kier alpha value is -2.30. The van der Waals surface area contributed by atoms with Gasteiger partial charge in [0, 0.05) is 19.2 Å². The summed E-state index contributed by atoms with van der Waals surface area (Å²) in [7, 11) is 0. The van der Waals surface area contributed by atoms with Gasteiger partial charge in [0.2, 0.25) is 5.95 Å². The minimum atomic E-state index is -4.62. The quantitative estimate of drug-likeness (QED) is 0.822. The molecular formula is C15H17F3N4O4. The molecule has 0 radical (unpaired) electrons. The number of alkyl halides is 3. The Bertz CT molecular complexity index is 796. The second-order valence-electron chi connectivity index (χ2n) is 6.77. The van der Waals surface area contributed by atoms with Crippen LogP contribution >= 0.6 is 0 Å². The fourth-order valence-corrected chi connectivity index (χ4v) is 3.95. The fourth-order valence-electron chi connectivity index (χ4n) is 3.95. The van der Waals surface area contributed by atoms with E-state index in [0.29, 0.717) is 18.1 Å². The summed E-state index contributed by atoms with van der Waals surface area (Å²) in [6.45, 7) is -0.0386. The van der Waals surface area contributed by atoms with Gasteiger partial charge in [0.25, 0.3) is 5.56 Å². The van der Waals surface area contributed by atoms with Gasteiger partial charge in [-0.1, -0.05) is 0 Å². The Morgan fingerprint density at radius 3 is 2.77 bits per heavy atom. The average molecular weight is 374 g/mol. The van der Waals surface area contributed by atoms with E-state index < -0.39 is 36.7 Å². The molecule has 1 N–H and O–H groups in total. The zero-order valence-electron chi connectivity index (χ0n) is 13.6. The number of carbonyl (C=O) groups is 1. The number of morpholine rings is 1. The molecule has 26 heavy (non-hydrogen) atoms. The highest BCUT2D eigenvalue weighted by atomic mass is 19.4. The molecule has 0 aromatic carbocycles. The maximum absolute atomic E-state index is 13.4. The highest BCUT2D eigenvalue weighted by molar-refractivity contribution is 5.73. The van der Waals surface area contributed by atoms with E-state index in [2.05, 4.69) is 4.98 Å². The number of hydrogen-bond donors (Lipinski definition) is 1. The van der Waals surface area contributed by atoms with Gasteiger partial charge in [0.05, 0.1) is 18.8 Å². The molecule has 2 saturated heterocycles. The largest absolute Gasteiger partial charge is 0.480 e. The van der Waals surface area contributed by atoms with Gasteiger partial charge in [-0.15, -0.1) is 0 Å². The van der Waals surface area contributed by atoms with Crippen LogP contribution in [0.2, 0.25) is 0 Å². The molecule has 3 atom stereocenters. The Morgan fingerprint density at radius 2 is 2.19 bits per heavy atom. The SMILES string of the molecule is O=C(O)CN1c2nc(N3C[C@@H]4C[C@H]3CO4)cc(=O)n2CC[C@H]1C(F)(F)F. The molecule has 0 saturated carbocycles. The first-order valence-corrected chi connectivity index (χ1v) is 8.29. The zero-order valence-corrected chi connectivity index (χ0v) is 13.6. The lowest BCUT2D eigenvalue weighted by Gasteiger charge is -2.38. The summed E-state index contributed by atoms with van der Waals surface area (Å²) in [6.07, 6.45) is -4.20. The lowest BCUT2D eigenvalue weighted by molar-refractivity contribution is -0.154. The number of carboxylic acid groups (broad SMARTS) is 1. The Kier molecular flexibility index (Phi) is 3.86. The van der Waals surface area contributed by atoms with Crippen molar-refractivity contribution < 1.29 is 27.8 Å². The molecule has 2 fully saturated rings. The van der Waals surface area contributed by atoms with Crippen molar-refractivity contribution in [2.75, 3.05) is 29.5 Å². The third-order valence-electron chi connectivity index (χ3n) is 5.11. The molecule has 0 unspecified atom stereocenters. The van der Waals surface area contributed by atoms with Crippen molar-refractivity contribution >= 4 is 17.7 Å². The number of ether oxygens (including phenoxy) is 1. The Labute approximate surface area is 145 Å². The van der Waals surface area contributed by atoms with E-state index in [1.165, 1.54) is 6.07 Å². The topological polar surface area (TPSA) is 87.9 Å². The molecule has 4 rings (SSSR count). The summed E-state index contributed by atoms with van der Waals surface area (Å²) in [5, 5.41) is 9.06. The maximum Gasteiger partial charge on any atom is 0.408 e. The zero-order chi connectivity index (χ0) is 18.6. The molecule has 3 aliphatic heterocycles. The van der Waals surface area contributed by atoms with Crippen molar-refractivity contribution in [1.29, 1.82) is 0 Å². The molecular weight excluding hydrogens is 357 g/mol. The summed E-state index contributed by atoms with van der Waals surface area (Å²) in [6, 6.07) is -0.652. The van der Waals surface area contributed by atoms with Crippen molar-refractivity contribution in [3.63, 3.8) is 0 Å². The molecule has 1 aromatic rings. The van der Waals surface area contributed by atoms with Crippen LogP contribution in [0.3, 0.4) is 0 Å². The summed E-state index contributed by atoms with van der Waals surface area (Å²) in [5.41, 5.74) is -0.482. The van der Waals surface area contributed by atoms with E-state index >= 15 is 0 Å². The predicted octanol–water partition coefficient (Wildman–Crippen LogP) is 0.446. The van der Waals surface area contributed by atoms with Gasteiger partial charge in [-0.3, -0.25) is 14.2 Å². The van der Waals surface area contributed by atoms with Crippen LogP contribution in [0.5, 0.6) is 0 Å². The second-order valence-corrected chi connectivity index (χ2v) is 6.77. The van der Waals surface area contributed by atoms with Gasteiger partial charge in [0.1, 0.15) is 18.4 Å². The minimum absolute atomic E-state index is 0.0265. The molecule has 3 aliphatic rings. The van der Waals surface area contributed by atoms with Crippen LogP contribution in [-0.2, 0) is 16.1 Å². The molecule has 11 heteroatoms. The average Bonchev–Trinajstić information content (AvgIpc) is 3.16. The first-order valence-electron chi connectivity index (χ1n) is 8.29. The lowest BCUT2D eigenvalue weighted by atomic mass is 10.1. The third-order valence-corrected chi connectivity index (χ3v) is 5.11. The fraction of sp³-hybridized carbons (Fsp3) is 0.667. The van der Waals surface area contributed by atoms with E-state index in [1.807, 2.05) is 4.90 Å². The number of fused-ring (bicyclic) bond motifs is 3. The number of anilines is 2. The Morgan fingerprint density at radius 1 is 1.42 bits per heavy atom. The molecule has 2 bridgehead atoms. The van der Waals surface area contributed by atoms with Crippen molar-refractivity contribution in [2.24, 2.45) is 0 Å². The summed E-state index contributed by atoms with van der Waals surface area (Å²) >= 11 is 0. The highest BCUT2D eigenvalue weighted by Crippen LogP contribution is 2.36. The van der Waals surface area contributed by atoms with Gasteiger partial charge in [-0.2, -0.15) is 18.2 Å². The molecule has 0 amide bonds. The van der Waals surface area contributed by atoms with Crippen LogP contribution in [0.15, 0.2) is 10.9 Å². The Balaban J connectivity index is 1.76. The van der Waals surface area contributed by atoms with Gasteiger partial charge in [-0.05, 0) is 12.8 Å². The lowest BCUT2D eigenvalue weighted by Crippen LogP contribution is -2.54. The minimum Gasteiger partial charge on any atom is -0.480 e. The predicted molar refractivity (Wildman–Crippen MR) is 83.4 cm³/mol. The van der Waals surface area contributed by atoms with Crippen molar-refractivity contribution in [3.8, 4) is 0 Å². The third kappa shape index (κ3) is 2.79. The van der Waals surface area contributed by atoms with Gasteiger partial charge < -0.3 is 19.6 Å². The van der Waals surface area contributed by atoms with Crippen molar-refractivity contribution in [2.45, 2.75) is 43.8 Å². The molecule has 0 spiro atoms. The van der Waals surface area contributed by atoms with Crippen molar-refractivity contribution in [1.82, 2.24) is 9.55 Å². The summed E-state index contributed by atoms with van der Waals surface area (Å²) in [4.78, 5) is 30.4. The van der Waals surface area contributed by atoms with E-state index in [9.17, 15) is 22.8 Å². The van der Waals surface area contributed by atoms with Gasteiger partial charge in [-0.25, -0.2) is 0 Å². The number of aromatic nitrogens is 2. The number of nitrogens with zero attached hydrogens (tertiary/aromatic N) is 4. The van der Waals surface area contributed by atoms with Crippen LogP contribution < -0.4 is 15.4 Å². The first kappa shape index (κ1) is 17.1. The monoisotopic (exact) mass is 374 g/mol. The van der Waals surface area contributed by atoms with Crippen LogP contribution in [0.1, 0.15) is 12.8 Å². The summed E-state index contributed by atoms with van der Waals surface area (Å²) in [5.74, 6) is -1.39. The highest BCUT2D eigenvalue weighted by Gasteiger charge is 2.48. The smallest absolute Gasteiger partial charge is 0.408 e. The molecule has 0 aliphatic carbocycles. The number of aliphatic carboxylic acids is 1. The van der Waals surface area contributed by atoms with Crippen LogP contribution in [0, 0.1) is 0 Å². The van der Waals surface area contributed by atoms with Crippen LogP contribution in [0.4, 0.5) is 24.9 Å². The van der Waals surface area contributed by atoms with E-state index in [4.69, 9.17) is 9.84 Å². The number of rotatable bonds is 3. The van der Waals surface area contributed by atoms with E-state index in [-0.39, 0.29) is 30.5 Å². The second kappa shape index (κ2) is 5.86. The molecule has 4 heterocycles. The van der Waals surface area contributed by atoms with Gasteiger partial charge >= 0.3 is 12.1 Å². The molecule has 8 nitrogen and oxygen atoms in total. The molecule has 1 aromatic heterocycles. The number of halogens is 3. The molecule has 142 valence electrons. The summed E-state index contributed by atoms with van der Waals surface area (Å²) < 4.78 is 46.8. The standard InChI is InChI=1S/C15H17F3N4O4/c16-15(17,18)10-1-2-20-12(23)4-11(19-14(20)22(10)6-13(24)25)21-5-9-3-8(21)7-26-9/h4,8-10H,1-3,5-7H2,(H,24,25)/t8-,9-,10-/m0/s1. The normalized spacial score (nSPS) is 27.7. The van der Waals surface area contributed by atoms with Gasteiger partial charge in [0.15, 0.2) is 0 Å². The van der Waals surface area contributed by atoms with Crippen LogP contribution in [0.25, 0.3) is 0 Å². The number of carboxylic acids is 1. The first-order chi connectivity index (χ1) is 12.2. The van der Waals surface area contributed by atoms with Crippen molar-refractivity contribution in [3.05, 3.63) is 16.4 Å².